The van der Waals surface area contributed by atoms with Crippen molar-refractivity contribution in [2.75, 3.05) is 0 Å². The highest BCUT2D eigenvalue weighted by Crippen LogP contribution is 2.18. The summed E-state index contributed by atoms with van der Waals surface area (Å²) < 4.78 is 13.5. The lowest BCUT2D eigenvalue weighted by molar-refractivity contribution is 0.0952. The van der Waals surface area contributed by atoms with Gasteiger partial charge < -0.3 is 5.32 Å². The molecule has 3 heteroatoms. The van der Waals surface area contributed by atoms with Gasteiger partial charge in [0.25, 0.3) is 5.91 Å². The quantitative estimate of drug-likeness (QED) is 0.773. The molecule has 0 fully saturated rings. The number of halogens is 1. The maximum atomic E-state index is 13.5. The minimum atomic E-state index is -0.310. The molecule has 0 saturated heterocycles. The van der Waals surface area contributed by atoms with E-state index in [-0.39, 0.29) is 18.3 Å². The molecular weight excluding hydrogens is 265 g/mol. The van der Waals surface area contributed by atoms with Gasteiger partial charge in [0.2, 0.25) is 0 Å². The summed E-state index contributed by atoms with van der Waals surface area (Å²) >= 11 is 0. The van der Waals surface area contributed by atoms with Crippen LogP contribution in [-0.2, 0) is 6.54 Å². The molecule has 3 aromatic carbocycles. The number of rotatable bonds is 3. The number of carbonyl (C=O) groups excluding carboxylic acids is 1. The lowest BCUT2D eigenvalue weighted by atomic mass is 10.0. The van der Waals surface area contributed by atoms with Crippen molar-refractivity contribution >= 4 is 16.7 Å². The summed E-state index contributed by atoms with van der Waals surface area (Å²) in [5, 5.41) is 4.67. The summed E-state index contributed by atoms with van der Waals surface area (Å²) in [5.74, 6) is -0.509. The van der Waals surface area contributed by atoms with Crippen LogP contribution in [0.3, 0.4) is 0 Å². The first-order valence-electron chi connectivity index (χ1n) is 6.75. The Morgan fingerprint density at radius 2 is 1.62 bits per heavy atom. The van der Waals surface area contributed by atoms with Gasteiger partial charge in [0.15, 0.2) is 0 Å². The molecule has 0 aliphatic heterocycles. The van der Waals surface area contributed by atoms with Gasteiger partial charge in [-0.3, -0.25) is 4.79 Å². The van der Waals surface area contributed by atoms with Gasteiger partial charge in [-0.05, 0) is 22.9 Å². The van der Waals surface area contributed by atoms with Crippen molar-refractivity contribution in [2.24, 2.45) is 0 Å². The Labute approximate surface area is 122 Å². The third-order valence-corrected chi connectivity index (χ3v) is 3.43. The highest BCUT2D eigenvalue weighted by atomic mass is 19.1. The summed E-state index contributed by atoms with van der Waals surface area (Å²) in [4.78, 5) is 12.3. The van der Waals surface area contributed by atoms with Crippen molar-refractivity contribution in [2.45, 2.75) is 6.54 Å². The van der Waals surface area contributed by atoms with Crippen molar-refractivity contribution in [1.29, 1.82) is 0 Å². The lowest BCUT2D eigenvalue weighted by Gasteiger charge is -2.08. The topological polar surface area (TPSA) is 29.1 Å². The zero-order valence-corrected chi connectivity index (χ0v) is 11.3. The van der Waals surface area contributed by atoms with Crippen molar-refractivity contribution in [3.63, 3.8) is 0 Å². The van der Waals surface area contributed by atoms with E-state index in [0.717, 1.165) is 10.8 Å². The molecule has 3 rings (SSSR count). The third-order valence-electron chi connectivity index (χ3n) is 3.43. The van der Waals surface area contributed by atoms with Gasteiger partial charge in [-0.2, -0.15) is 0 Å². The molecule has 0 saturated carbocycles. The van der Waals surface area contributed by atoms with Gasteiger partial charge in [-0.25, -0.2) is 4.39 Å². The van der Waals surface area contributed by atoms with E-state index in [1.54, 1.807) is 24.3 Å². The van der Waals surface area contributed by atoms with E-state index in [0.29, 0.717) is 11.1 Å². The van der Waals surface area contributed by atoms with Crippen LogP contribution in [0.2, 0.25) is 0 Å². The molecule has 21 heavy (non-hydrogen) atoms. The molecule has 0 bridgehead atoms. The first-order chi connectivity index (χ1) is 10.3. The van der Waals surface area contributed by atoms with Crippen LogP contribution in [0.25, 0.3) is 10.8 Å². The van der Waals surface area contributed by atoms with Crippen LogP contribution in [0.5, 0.6) is 0 Å². The highest BCUT2D eigenvalue weighted by Gasteiger charge is 2.10. The zero-order chi connectivity index (χ0) is 14.7. The molecule has 0 radical (unpaired) electrons. The van der Waals surface area contributed by atoms with Crippen LogP contribution < -0.4 is 5.32 Å². The van der Waals surface area contributed by atoms with Crippen molar-refractivity contribution in [1.82, 2.24) is 5.32 Å². The van der Waals surface area contributed by atoms with Crippen molar-refractivity contribution in [3.05, 3.63) is 83.7 Å². The summed E-state index contributed by atoms with van der Waals surface area (Å²) in [6.45, 7) is 0.175. The second kappa shape index (κ2) is 5.75. The van der Waals surface area contributed by atoms with Crippen molar-refractivity contribution < 1.29 is 9.18 Å². The molecule has 0 aliphatic carbocycles. The number of hydrogen-bond acceptors (Lipinski definition) is 1. The fourth-order valence-electron chi connectivity index (χ4n) is 2.34. The van der Waals surface area contributed by atoms with Crippen LogP contribution in [0.1, 0.15) is 15.9 Å². The number of amides is 1. The van der Waals surface area contributed by atoms with Gasteiger partial charge in [-0.1, -0.05) is 54.6 Å². The Balaban J connectivity index is 1.83. The minimum absolute atomic E-state index is 0.175. The number of fused-ring (bicyclic) bond motifs is 1. The van der Waals surface area contributed by atoms with Gasteiger partial charge >= 0.3 is 0 Å². The SMILES string of the molecule is O=C(NCc1ccccc1F)c1cccc2ccccc12. The van der Waals surface area contributed by atoms with Crippen LogP contribution >= 0.6 is 0 Å². The smallest absolute Gasteiger partial charge is 0.252 e. The van der Waals surface area contributed by atoms with Crippen molar-refractivity contribution in [3.8, 4) is 0 Å². The first-order valence-corrected chi connectivity index (χ1v) is 6.75. The molecule has 0 unspecified atom stereocenters. The van der Waals surface area contributed by atoms with E-state index in [1.807, 2.05) is 36.4 Å². The Hall–Kier alpha value is -2.68. The van der Waals surface area contributed by atoms with E-state index in [9.17, 15) is 9.18 Å². The second-order valence-electron chi connectivity index (χ2n) is 4.80. The predicted molar refractivity (Wildman–Crippen MR) is 81.5 cm³/mol. The summed E-state index contributed by atoms with van der Waals surface area (Å²) in [6, 6.07) is 19.7. The van der Waals surface area contributed by atoms with E-state index in [1.165, 1.54) is 6.07 Å². The monoisotopic (exact) mass is 279 g/mol. The largest absolute Gasteiger partial charge is 0.348 e. The fourth-order valence-corrected chi connectivity index (χ4v) is 2.34. The predicted octanol–water partition coefficient (Wildman–Crippen LogP) is 3.91. The standard InChI is InChI=1S/C18H14FNO/c19-17-11-4-2-7-14(17)12-20-18(21)16-10-5-8-13-6-1-3-9-15(13)16/h1-11H,12H2,(H,20,21). The molecule has 0 spiro atoms. The zero-order valence-electron chi connectivity index (χ0n) is 11.3. The Bertz CT molecular complexity index is 793. The molecule has 3 aromatic rings. The van der Waals surface area contributed by atoms with Crippen LogP contribution in [0, 0.1) is 5.82 Å². The molecular formula is C18H14FNO. The number of hydrogen-bond donors (Lipinski definition) is 1. The van der Waals surface area contributed by atoms with Crippen LogP contribution in [0.15, 0.2) is 66.7 Å². The van der Waals surface area contributed by atoms with Gasteiger partial charge in [0, 0.05) is 17.7 Å². The van der Waals surface area contributed by atoms with Gasteiger partial charge in [-0.15, -0.1) is 0 Å². The fraction of sp³-hybridized carbons (Fsp3) is 0.0556. The third kappa shape index (κ3) is 2.77. The van der Waals surface area contributed by atoms with E-state index in [4.69, 9.17) is 0 Å². The number of benzene rings is 3. The maximum Gasteiger partial charge on any atom is 0.252 e. The van der Waals surface area contributed by atoms with E-state index >= 15 is 0 Å². The summed E-state index contributed by atoms with van der Waals surface area (Å²) in [5.41, 5.74) is 1.08. The average molecular weight is 279 g/mol. The van der Waals surface area contributed by atoms with Crippen LogP contribution in [0.4, 0.5) is 4.39 Å². The normalized spacial score (nSPS) is 10.5. The molecule has 1 N–H and O–H groups in total. The van der Waals surface area contributed by atoms with E-state index in [2.05, 4.69) is 5.32 Å². The maximum absolute atomic E-state index is 13.5. The summed E-state index contributed by atoms with van der Waals surface area (Å²) in [7, 11) is 0. The minimum Gasteiger partial charge on any atom is -0.348 e. The molecule has 0 atom stereocenters. The van der Waals surface area contributed by atoms with E-state index < -0.39 is 0 Å². The molecule has 0 heterocycles. The number of carbonyl (C=O) groups is 1. The molecule has 1 amide bonds. The Morgan fingerprint density at radius 3 is 2.48 bits per heavy atom. The number of nitrogens with one attached hydrogen (secondary N) is 1. The molecule has 0 aromatic heterocycles. The average Bonchev–Trinajstić information content (AvgIpc) is 2.53. The highest BCUT2D eigenvalue weighted by molar-refractivity contribution is 6.06. The van der Waals surface area contributed by atoms with Gasteiger partial charge in [0.1, 0.15) is 5.82 Å². The molecule has 0 aliphatic rings. The Kier molecular flexibility index (Phi) is 3.65. The van der Waals surface area contributed by atoms with Crippen LogP contribution in [-0.4, -0.2) is 5.91 Å². The molecule has 2 nitrogen and oxygen atoms in total. The molecule has 104 valence electrons. The second-order valence-corrected chi connectivity index (χ2v) is 4.80. The lowest BCUT2D eigenvalue weighted by Crippen LogP contribution is -2.23. The summed E-state index contributed by atoms with van der Waals surface area (Å²) in [6.07, 6.45) is 0. The Morgan fingerprint density at radius 1 is 0.905 bits per heavy atom. The first kappa shape index (κ1) is 13.3. The van der Waals surface area contributed by atoms with Gasteiger partial charge in [0.05, 0.1) is 0 Å².